The van der Waals surface area contributed by atoms with Crippen molar-refractivity contribution in [1.29, 1.82) is 0 Å². The minimum atomic E-state index is -1.51. The van der Waals surface area contributed by atoms with Crippen molar-refractivity contribution in [2.45, 2.75) is 19.0 Å². The van der Waals surface area contributed by atoms with Gasteiger partial charge in [-0.2, -0.15) is 0 Å². The van der Waals surface area contributed by atoms with E-state index in [-0.39, 0.29) is 0 Å². The number of methoxy groups -OCH3 is 2. The summed E-state index contributed by atoms with van der Waals surface area (Å²) < 4.78 is 8.75. The van der Waals surface area contributed by atoms with Gasteiger partial charge < -0.3 is 14.8 Å². The Labute approximate surface area is 96.7 Å². The lowest BCUT2D eigenvalue weighted by Crippen LogP contribution is -2.51. The second-order valence-electron chi connectivity index (χ2n) is 2.87. The molecular formula is C8H12N4O5. The summed E-state index contributed by atoms with van der Waals surface area (Å²) in [6.07, 6.45) is 0. The van der Waals surface area contributed by atoms with Crippen LogP contribution in [0.3, 0.4) is 0 Å². The largest absolute Gasteiger partial charge is 0.469 e. The lowest BCUT2D eigenvalue weighted by Gasteiger charge is -2.19. The van der Waals surface area contributed by atoms with Crippen LogP contribution in [0.1, 0.15) is 6.92 Å². The number of esters is 2. The Morgan fingerprint density at radius 1 is 1.24 bits per heavy atom. The third kappa shape index (κ3) is 4.39. The Balaban J connectivity index is 5.19. The summed E-state index contributed by atoms with van der Waals surface area (Å²) in [5.41, 5.74) is 8.30. The molecular weight excluding hydrogens is 232 g/mol. The molecule has 0 saturated heterocycles. The van der Waals surface area contributed by atoms with E-state index in [1.807, 2.05) is 0 Å². The lowest BCUT2D eigenvalue weighted by molar-refractivity contribution is -0.152. The Hall–Kier alpha value is -2.28. The molecule has 0 spiro atoms. The summed E-state index contributed by atoms with van der Waals surface area (Å²) in [5, 5.41) is 5.26. The first kappa shape index (κ1) is 14.7. The fraction of sp³-hybridized carbons (Fsp3) is 0.625. The van der Waals surface area contributed by atoms with E-state index in [1.165, 1.54) is 0 Å². The molecule has 17 heavy (non-hydrogen) atoms. The monoisotopic (exact) mass is 244 g/mol. The SMILES string of the molecule is COC(=O)[C@@H](N=[N+]=[N-])[C@H](NC(C)=O)C(=O)OC. The van der Waals surface area contributed by atoms with Crippen LogP contribution in [0.2, 0.25) is 0 Å². The smallest absolute Gasteiger partial charge is 0.329 e. The second-order valence-corrected chi connectivity index (χ2v) is 2.87. The second kappa shape index (κ2) is 7.07. The molecule has 0 aliphatic heterocycles. The number of carbonyl (C=O) groups is 3. The Kier molecular flexibility index (Phi) is 6.12. The van der Waals surface area contributed by atoms with E-state index < -0.39 is 29.9 Å². The fourth-order valence-electron chi connectivity index (χ4n) is 1.04. The molecule has 0 fully saturated rings. The minimum absolute atomic E-state index is 0.581. The fourth-order valence-corrected chi connectivity index (χ4v) is 1.04. The van der Waals surface area contributed by atoms with E-state index in [0.717, 1.165) is 21.1 Å². The first-order valence-electron chi connectivity index (χ1n) is 4.44. The molecule has 1 amide bonds. The van der Waals surface area contributed by atoms with Crippen LogP contribution < -0.4 is 5.32 Å². The third-order valence-electron chi connectivity index (χ3n) is 1.75. The van der Waals surface area contributed by atoms with Crippen LogP contribution in [-0.4, -0.2) is 44.1 Å². The van der Waals surface area contributed by atoms with Crippen molar-refractivity contribution in [3.05, 3.63) is 10.4 Å². The van der Waals surface area contributed by atoms with Gasteiger partial charge in [-0.25, -0.2) is 4.79 Å². The minimum Gasteiger partial charge on any atom is -0.469 e. The van der Waals surface area contributed by atoms with Crippen molar-refractivity contribution in [1.82, 2.24) is 5.32 Å². The maximum absolute atomic E-state index is 11.4. The molecule has 0 aromatic carbocycles. The number of amides is 1. The number of rotatable bonds is 5. The first-order chi connectivity index (χ1) is 7.97. The summed E-state index contributed by atoms with van der Waals surface area (Å²) in [6, 6.07) is -2.93. The van der Waals surface area contributed by atoms with Crippen LogP contribution in [0.25, 0.3) is 10.4 Å². The van der Waals surface area contributed by atoms with E-state index in [4.69, 9.17) is 5.53 Å². The van der Waals surface area contributed by atoms with Crippen LogP contribution in [0, 0.1) is 0 Å². The van der Waals surface area contributed by atoms with E-state index >= 15 is 0 Å². The highest BCUT2D eigenvalue weighted by atomic mass is 16.5. The molecule has 0 aliphatic carbocycles. The van der Waals surface area contributed by atoms with Crippen LogP contribution in [-0.2, 0) is 23.9 Å². The molecule has 1 N–H and O–H groups in total. The van der Waals surface area contributed by atoms with Crippen LogP contribution in [0.15, 0.2) is 5.11 Å². The molecule has 0 aliphatic rings. The van der Waals surface area contributed by atoms with Gasteiger partial charge in [0, 0.05) is 11.8 Å². The molecule has 2 atom stereocenters. The molecule has 0 unspecified atom stereocenters. The summed E-state index contributed by atoms with van der Waals surface area (Å²) in [4.78, 5) is 36.0. The van der Waals surface area contributed by atoms with Gasteiger partial charge in [0.2, 0.25) is 5.91 Å². The molecule has 0 heterocycles. The number of hydrogen-bond donors (Lipinski definition) is 1. The molecule has 0 rings (SSSR count). The number of ether oxygens (including phenoxy) is 2. The predicted octanol–water partition coefficient (Wildman–Crippen LogP) is -0.484. The molecule has 0 aromatic heterocycles. The quantitative estimate of drug-likeness (QED) is 0.302. The van der Waals surface area contributed by atoms with Gasteiger partial charge in [0.25, 0.3) is 0 Å². The van der Waals surface area contributed by atoms with Crippen molar-refractivity contribution in [2.24, 2.45) is 5.11 Å². The first-order valence-corrected chi connectivity index (χ1v) is 4.44. The number of nitrogens with zero attached hydrogens (tertiary/aromatic N) is 3. The van der Waals surface area contributed by atoms with Crippen LogP contribution in [0.5, 0.6) is 0 Å². The lowest BCUT2D eigenvalue weighted by atomic mass is 10.1. The number of azide groups is 1. The predicted molar refractivity (Wildman–Crippen MR) is 54.6 cm³/mol. The highest BCUT2D eigenvalue weighted by molar-refractivity contribution is 5.90. The number of carbonyl (C=O) groups excluding carboxylic acids is 3. The Morgan fingerprint density at radius 2 is 1.76 bits per heavy atom. The van der Waals surface area contributed by atoms with Gasteiger partial charge in [-0.1, -0.05) is 5.11 Å². The van der Waals surface area contributed by atoms with Gasteiger partial charge in [-0.15, -0.1) is 0 Å². The molecule has 0 aromatic rings. The normalized spacial score (nSPS) is 12.6. The van der Waals surface area contributed by atoms with E-state index in [2.05, 4.69) is 24.8 Å². The van der Waals surface area contributed by atoms with Crippen molar-refractivity contribution in [2.75, 3.05) is 14.2 Å². The molecule has 9 heteroatoms. The van der Waals surface area contributed by atoms with Crippen LogP contribution >= 0.6 is 0 Å². The zero-order valence-electron chi connectivity index (χ0n) is 9.54. The van der Waals surface area contributed by atoms with Crippen LogP contribution in [0.4, 0.5) is 0 Å². The maximum Gasteiger partial charge on any atom is 0.329 e. The molecule has 0 radical (unpaired) electrons. The molecule has 9 nitrogen and oxygen atoms in total. The van der Waals surface area contributed by atoms with Gasteiger partial charge in [-0.3, -0.25) is 9.59 Å². The maximum atomic E-state index is 11.4. The van der Waals surface area contributed by atoms with Crippen molar-refractivity contribution in [3.63, 3.8) is 0 Å². The number of nitrogens with one attached hydrogen (secondary N) is 1. The highest BCUT2D eigenvalue weighted by Crippen LogP contribution is 2.05. The average molecular weight is 244 g/mol. The standard InChI is InChI=1S/C8H12N4O5/c1-4(13)10-5(7(14)16-2)6(11-12-9)8(15)17-3/h5-6H,1-3H3,(H,10,13)/t5-,6-/m0/s1. The Morgan fingerprint density at radius 3 is 2.12 bits per heavy atom. The topological polar surface area (TPSA) is 130 Å². The summed E-state index contributed by atoms with van der Waals surface area (Å²) >= 11 is 0. The summed E-state index contributed by atoms with van der Waals surface area (Å²) in [5.74, 6) is -2.45. The summed E-state index contributed by atoms with van der Waals surface area (Å²) in [7, 11) is 2.13. The van der Waals surface area contributed by atoms with Gasteiger partial charge in [0.05, 0.1) is 14.2 Å². The van der Waals surface area contributed by atoms with Gasteiger partial charge in [-0.05, 0) is 5.53 Å². The zero-order valence-corrected chi connectivity index (χ0v) is 9.54. The van der Waals surface area contributed by atoms with Crippen molar-refractivity contribution in [3.8, 4) is 0 Å². The van der Waals surface area contributed by atoms with Gasteiger partial charge in [0.15, 0.2) is 6.04 Å². The third-order valence-corrected chi connectivity index (χ3v) is 1.75. The molecule has 0 bridgehead atoms. The van der Waals surface area contributed by atoms with E-state index in [9.17, 15) is 14.4 Å². The zero-order chi connectivity index (χ0) is 13.4. The Bertz CT molecular complexity index is 363. The molecule has 0 saturated carbocycles. The highest BCUT2D eigenvalue weighted by Gasteiger charge is 2.35. The van der Waals surface area contributed by atoms with E-state index in [1.54, 1.807) is 0 Å². The van der Waals surface area contributed by atoms with Crippen molar-refractivity contribution < 1.29 is 23.9 Å². The molecule has 94 valence electrons. The summed E-state index contributed by atoms with van der Waals surface area (Å²) in [6.45, 7) is 1.14. The average Bonchev–Trinajstić information content (AvgIpc) is 2.31. The van der Waals surface area contributed by atoms with Gasteiger partial charge in [0.1, 0.15) is 6.04 Å². The van der Waals surface area contributed by atoms with E-state index in [0.29, 0.717) is 0 Å². The van der Waals surface area contributed by atoms with Crippen molar-refractivity contribution >= 4 is 17.8 Å². The van der Waals surface area contributed by atoms with Gasteiger partial charge >= 0.3 is 11.9 Å². The number of hydrogen-bond acceptors (Lipinski definition) is 6.